The van der Waals surface area contributed by atoms with E-state index in [1.54, 1.807) is 6.07 Å². The topological polar surface area (TPSA) is 52.5 Å². The molecule has 0 aliphatic heterocycles. The summed E-state index contributed by atoms with van der Waals surface area (Å²) < 4.78 is 0. The highest BCUT2D eigenvalue weighted by atomic mass is 16.3. The zero-order chi connectivity index (χ0) is 13.0. The summed E-state index contributed by atoms with van der Waals surface area (Å²) in [6, 6.07) is 5.74. The number of nitrogens with one attached hydrogen (secondary N) is 1. The lowest BCUT2D eigenvalue weighted by atomic mass is 10.0. The van der Waals surface area contributed by atoms with Gasteiger partial charge in [-0.25, -0.2) is 0 Å². The fourth-order valence-electron chi connectivity index (χ4n) is 1.89. The Kier molecular flexibility index (Phi) is 4.97. The molecule has 0 saturated heterocycles. The predicted molar refractivity (Wildman–Crippen MR) is 70.1 cm³/mol. The molecule has 17 heavy (non-hydrogen) atoms. The van der Waals surface area contributed by atoms with E-state index in [0.717, 1.165) is 11.1 Å². The molecule has 1 aromatic carbocycles. The molecule has 0 saturated carbocycles. The summed E-state index contributed by atoms with van der Waals surface area (Å²) in [5.74, 6) is 0.667. The van der Waals surface area contributed by atoms with Crippen molar-refractivity contribution in [3.8, 4) is 5.75 Å². The van der Waals surface area contributed by atoms with Crippen molar-refractivity contribution in [1.82, 2.24) is 5.32 Å². The number of aromatic hydroxyl groups is 1. The maximum atomic E-state index is 9.88. The Morgan fingerprint density at radius 1 is 1.24 bits per heavy atom. The molecular formula is C14H23NO2. The normalized spacial score (nSPS) is 14.9. The van der Waals surface area contributed by atoms with Crippen molar-refractivity contribution in [3.63, 3.8) is 0 Å². The van der Waals surface area contributed by atoms with Gasteiger partial charge in [-0.3, -0.25) is 0 Å². The van der Waals surface area contributed by atoms with Crippen LogP contribution in [0.4, 0.5) is 0 Å². The summed E-state index contributed by atoms with van der Waals surface area (Å²) in [6.07, 6.45) is 0. The molecule has 1 rings (SSSR count). The van der Waals surface area contributed by atoms with Crippen LogP contribution in [0, 0.1) is 12.8 Å². The van der Waals surface area contributed by atoms with Crippen molar-refractivity contribution in [3.05, 3.63) is 29.3 Å². The number of aliphatic hydroxyl groups excluding tert-OH is 1. The average Bonchev–Trinajstić information content (AvgIpc) is 2.24. The molecule has 0 heterocycles. The molecule has 3 N–H and O–H groups in total. The Morgan fingerprint density at radius 3 is 2.35 bits per heavy atom. The number of aryl methyl sites for hydroxylation is 1. The molecular weight excluding hydrogens is 214 g/mol. The van der Waals surface area contributed by atoms with Crippen LogP contribution in [-0.4, -0.2) is 22.9 Å². The number of hydrogen-bond donors (Lipinski definition) is 3. The van der Waals surface area contributed by atoms with Crippen molar-refractivity contribution in [2.24, 2.45) is 5.92 Å². The number of aliphatic hydroxyl groups is 1. The SMILES string of the molecule is Cc1ccc(C(C)NC(CO)C(C)C)c(O)c1. The van der Waals surface area contributed by atoms with Gasteiger partial charge in [-0.05, 0) is 31.4 Å². The van der Waals surface area contributed by atoms with Gasteiger partial charge in [0.25, 0.3) is 0 Å². The number of phenols is 1. The summed E-state index contributed by atoms with van der Waals surface area (Å²) >= 11 is 0. The maximum Gasteiger partial charge on any atom is 0.120 e. The minimum Gasteiger partial charge on any atom is -0.508 e. The second-order valence-corrected chi connectivity index (χ2v) is 4.98. The van der Waals surface area contributed by atoms with E-state index in [2.05, 4.69) is 19.2 Å². The number of phenolic OH excluding ortho intramolecular Hbond substituents is 1. The molecule has 96 valence electrons. The van der Waals surface area contributed by atoms with Crippen LogP contribution in [0.15, 0.2) is 18.2 Å². The predicted octanol–water partition coefficient (Wildman–Crippen LogP) is 2.37. The molecule has 0 aromatic heterocycles. The van der Waals surface area contributed by atoms with E-state index in [9.17, 15) is 10.2 Å². The van der Waals surface area contributed by atoms with E-state index in [0.29, 0.717) is 11.7 Å². The number of benzene rings is 1. The van der Waals surface area contributed by atoms with E-state index >= 15 is 0 Å². The maximum absolute atomic E-state index is 9.88. The molecule has 2 unspecified atom stereocenters. The van der Waals surface area contributed by atoms with Gasteiger partial charge in [-0.2, -0.15) is 0 Å². The lowest BCUT2D eigenvalue weighted by molar-refractivity contribution is 0.201. The van der Waals surface area contributed by atoms with Crippen LogP contribution in [0.3, 0.4) is 0 Å². The summed E-state index contributed by atoms with van der Waals surface area (Å²) in [5.41, 5.74) is 1.91. The molecule has 0 spiro atoms. The first-order valence-corrected chi connectivity index (χ1v) is 6.12. The summed E-state index contributed by atoms with van der Waals surface area (Å²) in [5, 5.41) is 22.5. The first kappa shape index (κ1) is 14.0. The Hall–Kier alpha value is -1.06. The molecule has 3 heteroatoms. The molecule has 2 atom stereocenters. The Bertz CT molecular complexity index is 363. The smallest absolute Gasteiger partial charge is 0.120 e. The zero-order valence-corrected chi connectivity index (χ0v) is 11.1. The summed E-state index contributed by atoms with van der Waals surface area (Å²) in [7, 11) is 0. The summed E-state index contributed by atoms with van der Waals surface area (Å²) in [4.78, 5) is 0. The Balaban J connectivity index is 2.78. The van der Waals surface area contributed by atoms with Crippen LogP contribution in [0.1, 0.15) is 37.9 Å². The first-order chi connectivity index (χ1) is 7.95. The molecule has 0 fully saturated rings. The molecule has 0 amide bonds. The zero-order valence-electron chi connectivity index (χ0n) is 11.1. The van der Waals surface area contributed by atoms with Crippen molar-refractivity contribution in [2.45, 2.75) is 39.8 Å². The summed E-state index contributed by atoms with van der Waals surface area (Å²) in [6.45, 7) is 8.18. The second kappa shape index (κ2) is 6.03. The highest BCUT2D eigenvalue weighted by Gasteiger charge is 2.17. The van der Waals surface area contributed by atoms with Crippen LogP contribution in [0.5, 0.6) is 5.75 Å². The third kappa shape index (κ3) is 3.72. The van der Waals surface area contributed by atoms with Crippen molar-refractivity contribution < 1.29 is 10.2 Å². The monoisotopic (exact) mass is 237 g/mol. The molecule has 0 aliphatic rings. The van der Waals surface area contributed by atoms with Crippen LogP contribution >= 0.6 is 0 Å². The van der Waals surface area contributed by atoms with Gasteiger partial charge in [0, 0.05) is 17.6 Å². The Morgan fingerprint density at radius 2 is 1.88 bits per heavy atom. The van der Waals surface area contributed by atoms with Gasteiger partial charge in [0.15, 0.2) is 0 Å². The van der Waals surface area contributed by atoms with E-state index in [4.69, 9.17) is 0 Å². The van der Waals surface area contributed by atoms with Crippen molar-refractivity contribution in [2.75, 3.05) is 6.61 Å². The van der Waals surface area contributed by atoms with Gasteiger partial charge in [-0.1, -0.05) is 26.0 Å². The highest BCUT2D eigenvalue weighted by molar-refractivity contribution is 5.37. The van der Waals surface area contributed by atoms with Gasteiger partial charge in [0.05, 0.1) is 6.61 Å². The van der Waals surface area contributed by atoms with Gasteiger partial charge in [0.2, 0.25) is 0 Å². The standard InChI is InChI=1S/C14H23NO2/c1-9(2)13(8-16)15-11(4)12-6-5-10(3)7-14(12)17/h5-7,9,11,13,15-17H,8H2,1-4H3. The number of rotatable bonds is 5. The van der Waals surface area contributed by atoms with E-state index in [1.165, 1.54) is 0 Å². The molecule has 3 nitrogen and oxygen atoms in total. The molecule has 0 aliphatic carbocycles. The fraction of sp³-hybridized carbons (Fsp3) is 0.571. The highest BCUT2D eigenvalue weighted by Crippen LogP contribution is 2.25. The van der Waals surface area contributed by atoms with Gasteiger partial charge < -0.3 is 15.5 Å². The van der Waals surface area contributed by atoms with Crippen molar-refractivity contribution in [1.29, 1.82) is 0 Å². The largest absolute Gasteiger partial charge is 0.508 e. The van der Waals surface area contributed by atoms with Crippen molar-refractivity contribution >= 4 is 0 Å². The van der Waals surface area contributed by atoms with E-state index in [-0.39, 0.29) is 18.7 Å². The van der Waals surface area contributed by atoms with Gasteiger partial charge in [0.1, 0.15) is 5.75 Å². The quantitative estimate of drug-likeness (QED) is 0.737. The minimum atomic E-state index is 0.0233. The fourth-order valence-corrected chi connectivity index (χ4v) is 1.89. The van der Waals surface area contributed by atoms with E-state index in [1.807, 2.05) is 26.0 Å². The van der Waals surface area contributed by atoms with Crippen LogP contribution in [0.2, 0.25) is 0 Å². The molecule has 1 aromatic rings. The van der Waals surface area contributed by atoms with Crippen LogP contribution in [0.25, 0.3) is 0 Å². The first-order valence-electron chi connectivity index (χ1n) is 6.12. The Labute approximate surface area is 103 Å². The minimum absolute atomic E-state index is 0.0233. The lowest BCUT2D eigenvalue weighted by Gasteiger charge is -2.25. The van der Waals surface area contributed by atoms with Gasteiger partial charge in [-0.15, -0.1) is 0 Å². The molecule has 0 radical (unpaired) electrons. The third-order valence-electron chi connectivity index (χ3n) is 3.12. The number of hydrogen-bond acceptors (Lipinski definition) is 3. The van der Waals surface area contributed by atoms with Crippen LogP contribution < -0.4 is 5.32 Å². The third-order valence-corrected chi connectivity index (χ3v) is 3.12. The van der Waals surface area contributed by atoms with Gasteiger partial charge >= 0.3 is 0 Å². The van der Waals surface area contributed by atoms with Crippen LogP contribution in [-0.2, 0) is 0 Å². The second-order valence-electron chi connectivity index (χ2n) is 4.98. The lowest BCUT2D eigenvalue weighted by Crippen LogP contribution is -2.38. The molecule has 0 bridgehead atoms. The average molecular weight is 237 g/mol. The van der Waals surface area contributed by atoms with E-state index < -0.39 is 0 Å².